The molecule has 0 saturated carbocycles. The van der Waals surface area contributed by atoms with Crippen molar-refractivity contribution in [3.8, 4) is 11.6 Å². The molecule has 1 amide bonds. The Morgan fingerprint density at radius 1 is 1.06 bits per heavy atom. The summed E-state index contributed by atoms with van der Waals surface area (Å²) in [4.78, 5) is 20.5. The highest BCUT2D eigenvalue weighted by Gasteiger charge is 2.36. The molecule has 3 aromatic rings. The van der Waals surface area contributed by atoms with E-state index in [2.05, 4.69) is 15.0 Å². The first kappa shape index (κ1) is 23.1. The third-order valence-electron chi connectivity index (χ3n) is 5.27. The van der Waals surface area contributed by atoms with E-state index in [9.17, 15) is 18.0 Å². The van der Waals surface area contributed by atoms with Gasteiger partial charge in [0.05, 0.1) is 10.7 Å². The van der Waals surface area contributed by atoms with Crippen LogP contribution in [0.2, 0.25) is 5.02 Å². The maximum atomic E-state index is 13.2. The zero-order valence-corrected chi connectivity index (χ0v) is 18.3. The molecule has 0 unspecified atom stereocenters. The standard InChI is InChI=1S/C22H21ClF3N5O2/c23-17-3-1-2-4-18(17)31-21(13-19(28-31)22(24,25)26)33-15-20(32)30-11-9-29(10-12-30)14-16-5-7-27-8-6-16/h1-8,13H,9-12,14-15H2. The number of alkyl halides is 3. The van der Waals surface area contributed by atoms with Gasteiger partial charge < -0.3 is 9.64 Å². The van der Waals surface area contributed by atoms with Gasteiger partial charge in [0.15, 0.2) is 12.3 Å². The Morgan fingerprint density at radius 3 is 2.42 bits per heavy atom. The van der Waals surface area contributed by atoms with Crippen molar-refractivity contribution in [3.05, 3.63) is 71.1 Å². The van der Waals surface area contributed by atoms with Crippen molar-refractivity contribution in [1.29, 1.82) is 0 Å². The van der Waals surface area contributed by atoms with Crippen molar-refractivity contribution in [2.75, 3.05) is 32.8 Å². The molecule has 0 radical (unpaired) electrons. The molecular weight excluding hydrogens is 459 g/mol. The van der Waals surface area contributed by atoms with Crippen LogP contribution in [0.25, 0.3) is 5.69 Å². The number of hydrogen-bond donors (Lipinski definition) is 0. The van der Waals surface area contributed by atoms with E-state index in [0.717, 1.165) is 22.9 Å². The molecule has 1 fully saturated rings. The van der Waals surface area contributed by atoms with Crippen LogP contribution < -0.4 is 4.74 Å². The maximum absolute atomic E-state index is 13.2. The van der Waals surface area contributed by atoms with Crippen LogP contribution in [0, 0.1) is 0 Å². The summed E-state index contributed by atoms with van der Waals surface area (Å²) in [6, 6.07) is 11.0. The highest BCUT2D eigenvalue weighted by Crippen LogP contribution is 2.33. The van der Waals surface area contributed by atoms with Crippen molar-refractivity contribution >= 4 is 17.5 Å². The van der Waals surface area contributed by atoms with Gasteiger partial charge in [-0.15, -0.1) is 0 Å². The number of hydrogen-bond acceptors (Lipinski definition) is 5. The number of pyridine rings is 1. The smallest absolute Gasteiger partial charge is 0.435 e. The summed E-state index contributed by atoms with van der Waals surface area (Å²) in [5, 5.41) is 3.80. The molecule has 11 heteroatoms. The molecule has 1 aliphatic rings. The molecule has 1 saturated heterocycles. The van der Waals surface area contributed by atoms with Gasteiger partial charge in [0.25, 0.3) is 5.91 Å². The van der Waals surface area contributed by atoms with Gasteiger partial charge in [0, 0.05) is 51.2 Å². The average Bonchev–Trinajstić information content (AvgIpc) is 3.24. The lowest BCUT2D eigenvalue weighted by Crippen LogP contribution is -2.49. The number of carbonyl (C=O) groups excluding carboxylic acids is 1. The minimum absolute atomic E-state index is 0.204. The Morgan fingerprint density at radius 2 is 1.76 bits per heavy atom. The van der Waals surface area contributed by atoms with E-state index in [-0.39, 0.29) is 22.5 Å². The Hall–Kier alpha value is -3.11. The first-order valence-electron chi connectivity index (χ1n) is 10.3. The second-order valence-corrected chi connectivity index (χ2v) is 7.94. The fourth-order valence-electron chi connectivity index (χ4n) is 3.53. The number of rotatable bonds is 6. The average molecular weight is 480 g/mol. The number of para-hydroxylation sites is 1. The molecule has 0 spiro atoms. The van der Waals surface area contributed by atoms with Gasteiger partial charge in [-0.1, -0.05) is 23.7 Å². The summed E-state index contributed by atoms with van der Waals surface area (Å²) in [6.07, 6.45) is -1.19. The molecule has 174 valence electrons. The minimum atomic E-state index is -4.67. The molecule has 1 aromatic carbocycles. The molecule has 1 aliphatic heterocycles. The van der Waals surface area contributed by atoms with Gasteiger partial charge in [-0.05, 0) is 29.8 Å². The number of nitrogens with zero attached hydrogens (tertiary/aromatic N) is 5. The predicted molar refractivity (Wildman–Crippen MR) is 115 cm³/mol. The lowest BCUT2D eigenvalue weighted by Gasteiger charge is -2.34. The van der Waals surface area contributed by atoms with Crippen molar-refractivity contribution in [2.24, 2.45) is 0 Å². The predicted octanol–water partition coefficient (Wildman–Crippen LogP) is 3.66. The number of benzene rings is 1. The number of ether oxygens (including phenoxy) is 1. The Kier molecular flexibility index (Phi) is 6.85. The summed E-state index contributed by atoms with van der Waals surface area (Å²) >= 11 is 6.13. The molecule has 3 heterocycles. The summed E-state index contributed by atoms with van der Waals surface area (Å²) in [7, 11) is 0. The van der Waals surface area contributed by atoms with Crippen LogP contribution in [0.3, 0.4) is 0 Å². The summed E-state index contributed by atoms with van der Waals surface area (Å²) in [5.74, 6) is -0.515. The lowest BCUT2D eigenvalue weighted by atomic mass is 10.2. The van der Waals surface area contributed by atoms with Crippen molar-refractivity contribution in [3.63, 3.8) is 0 Å². The highest BCUT2D eigenvalue weighted by atomic mass is 35.5. The zero-order chi connectivity index (χ0) is 23.4. The molecule has 0 atom stereocenters. The Bertz CT molecular complexity index is 1100. The molecule has 4 rings (SSSR count). The van der Waals surface area contributed by atoms with Crippen molar-refractivity contribution in [2.45, 2.75) is 12.7 Å². The largest absolute Gasteiger partial charge is 0.467 e. The van der Waals surface area contributed by atoms with E-state index in [0.29, 0.717) is 26.2 Å². The molecule has 2 aromatic heterocycles. The first-order valence-corrected chi connectivity index (χ1v) is 10.6. The van der Waals surface area contributed by atoms with E-state index in [1.807, 2.05) is 12.1 Å². The molecule has 0 bridgehead atoms. The van der Waals surface area contributed by atoms with Gasteiger partial charge in [-0.25, -0.2) is 0 Å². The molecular formula is C22H21ClF3N5O2. The normalized spacial score (nSPS) is 15.0. The van der Waals surface area contributed by atoms with Gasteiger partial charge in [-0.3, -0.25) is 14.7 Å². The SMILES string of the molecule is O=C(COc1cc(C(F)(F)F)nn1-c1ccccc1Cl)N1CCN(Cc2ccncc2)CC1. The fraction of sp³-hybridized carbons (Fsp3) is 0.318. The van der Waals surface area contributed by atoms with Gasteiger partial charge in [-0.2, -0.15) is 23.0 Å². The fourth-order valence-corrected chi connectivity index (χ4v) is 3.75. The van der Waals surface area contributed by atoms with E-state index in [1.165, 1.54) is 12.1 Å². The zero-order valence-electron chi connectivity index (χ0n) is 17.5. The second-order valence-electron chi connectivity index (χ2n) is 7.53. The molecule has 33 heavy (non-hydrogen) atoms. The van der Waals surface area contributed by atoms with Crippen LogP contribution in [0.1, 0.15) is 11.3 Å². The van der Waals surface area contributed by atoms with Crippen LogP contribution in [-0.4, -0.2) is 63.3 Å². The van der Waals surface area contributed by atoms with E-state index < -0.39 is 18.5 Å². The number of amides is 1. The van der Waals surface area contributed by atoms with Crippen LogP contribution >= 0.6 is 11.6 Å². The van der Waals surface area contributed by atoms with Crippen LogP contribution in [0.15, 0.2) is 54.9 Å². The number of carbonyl (C=O) groups is 1. The number of piperazine rings is 1. The van der Waals surface area contributed by atoms with E-state index in [4.69, 9.17) is 16.3 Å². The second kappa shape index (κ2) is 9.80. The summed E-state index contributed by atoms with van der Waals surface area (Å²) < 4.78 is 46.2. The third-order valence-corrected chi connectivity index (χ3v) is 5.59. The molecule has 0 aliphatic carbocycles. The summed E-state index contributed by atoms with van der Waals surface area (Å²) in [5.41, 5.74) is 0.234. The first-order chi connectivity index (χ1) is 15.8. The topological polar surface area (TPSA) is 63.5 Å². The van der Waals surface area contributed by atoms with Gasteiger partial charge >= 0.3 is 6.18 Å². The van der Waals surface area contributed by atoms with Crippen molar-refractivity contribution in [1.82, 2.24) is 24.6 Å². The maximum Gasteiger partial charge on any atom is 0.435 e. The third kappa shape index (κ3) is 5.63. The highest BCUT2D eigenvalue weighted by molar-refractivity contribution is 6.32. The van der Waals surface area contributed by atoms with Crippen LogP contribution in [0.5, 0.6) is 5.88 Å². The van der Waals surface area contributed by atoms with Crippen molar-refractivity contribution < 1.29 is 22.7 Å². The van der Waals surface area contributed by atoms with Crippen LogP contribution in [-0.2, 0) is 17.5 Å². The van der Waals surface area contributed by atoms with Gasteiger partial charge in [0.1, 0.15) is 0 Å². The van der Waals surface area contributed by atoms with E-state index >= 15 is 0 Å². The summed E-state index contributed by atoms with van der Waals surface area (Å²) in [6.45, 7) is 2.74. The molecule has 0 N–H and O–H groups in total. The monoisotopic (exact) mass is 479 g/mol. The number of halogens is 4. The van der Waals surface area contributed by atoms with Gasteiger partial charge in [0.2, 0.25) is 5.88 Å². The quantitative estimate of drug-likeness (QED) is 0.540. The lowest BCUT2D eigenvalue weighted by molar-refractivity contribution is -0.141. The van der Waals surface area contributed by atoms with Crippen LogP contribution in [0.4, 0.5) is 13.2 Å². The molecule has 7 nitrogen and oxygen atoms in total. The Balaban J connectivity index is 1.39. The van der Waals surface area contributed by atoms with E-state index in [1.54, 1.807) is 29.4 Å². The minimum Gasteiger partial charge on any atom is -0.467 e. The number of aromatic nitrogens is 3. The Labute approximate surface area is 193 Å².